The predicted molar refractivity (Wildman–Crippen MR) is 83.4 cm³/mol. The van der Waals surface area contributed by atoms with E-state index in [9.17, 15) is 0 Å². The molecule has 2 fully saturated rings. The van der Waals surface area contributed by atoms with E-state index in [4.69, 9.17) is 4.98 Å². The van der Waals surface area contributed by atoms with Crippen molar-refractivity contribution in [2.24, 2.45) is 0 Å². The third-order valence-electron chi connectivity index (χ3n) is 4.99. The maximum Gasteiger partial charge on any atom is 0.205 e. The molecule has 2 bridgehead atoms. The van der Waals surface area contributed by atoms with Crippen molar-refractivity contribution >= 4 is 5.95 Å². The molecule has 4 nitrogen and oxygen atoms in total. The van der Waals surface area contributed by atoms with Crippen molar-refractivity contribution in [2.75, 3.05) is 11.9 Å². The molecule has 112 valence electrons. The van der Waals surface area contributed by atoms with Crippen molar-refractivity contribution in [1.82, 2.24) is 14.9 Å². The molecular weight excluding hydrogens is 248 g/mol. The van der Waals surface area contributed by atoms with Crippen LogP contribution in [0.3, 0.4) is 0 Å². The van der Waals surface area contributed by atoms with Crippen LogP contribution in [0.15, 0.2) is 6.20 Å². The van der Waals surface area contributed by atoms with Gasteiger partial charge in [-0.1, -0.05) is 6.92 Å². The number of hydrogen-bond acceptors (Lipinski definition) is 3. The number of nitrogens with zero attached hydrogens (tertiary/aromatic N) is 3. The fourth-order valence-electron chi connectivity index (χ4n) is 3.75. The van der Waals surface area contributed by atoms with E-state index >= 15 is 0 Å². The van der Waals surface area contributed by atoms with Crippen LogP contribution in [0.25, 0.3) is 0 Å². The Kier molecular flexibility index (Phi) is 3.76. The highest BCUT2D eigenvalue weighted by atomic mass is 15.3. The first-order valence-electron chi connectivity index (χ1n) is 8.15. The molecule has 1 aromatic heterocycles. The standard InChI is InChI=1S/C16H28N4/c1-5-12-10-20(11(2)3)16(18-12)19(4)15-8-13-6-7-14(9-15)17-13/h10-11,13-15,17H,5-9H2,1-4H3. The molecule has 3 rings (SSSR count). The van der Waals surface area contributed by atoms with Gasteiger partial charge in [0.1, 0.15) is 0 Å². The maximum absolute atomic E-state index is 4.86. The van der Waals surface area contributed by atoms with Gasteiger partial charge in [-0.3, -0.25) is 0 Å². The van der Waals surface area contributed by atoms with Crippen LogP contribution in [-0.4, -0.2) is 34.7 Å². The lowest BCUT2D eigenvalue weighted by Crippen LogP contribution is -2.47. The topological polar surface area (TPSA) is 33.1 Å². The van der Waals surface area contributed by atoms with Crippen molar-refractivity contribution in [1.29, 1.82) is 0 Å². The van der Waals surface area contributed by atoms with Gasteiger partial charge < -0.3 is 14.8 Å². The van der Waals surface area contributed by atoms with Crippen LogP contribution in [0, 0.1) is 0 Å². The molecule has 1 aromatic rings. The summed E-state index contributed by atoms with van der Waals surface area (Å²) < 4.78 is 2.34. The number of aryl methyl sites for hydroxylation is 1. The number of nitrogens with one attached hydrogen (secondary N) is 1. The van der Waals surface area contributed by atoms with Crippen molar-refractivity contribution in [3.05, 3.63) is 11.9 Å². The first-order valence-corrected chi connectivity index (χ1v) is 8.15. The van der Waals surface area contributed by atoms with Gasteiger partial charge >= 0.3 is 0 Å². The summed E-state index contributed by atoms with van der Waals surface area (Å²) >= 11 is 0. The minimum absolute atomic E-state index is 0.471. The molecule has 0 aromatic carbocycles. The molecule has 4 heteroatoms. The van der Waals surface area contributed by atoms with E-state index in [1.165, 1.54) is 31.4 Å². The molecule has 2 aliphatic rings. The average Bonchev–Trinajstić information content (AvgIpc) is 3.01. The second-order valence-corrected chi connectivity index (χ2v) is 6.76. The number of anilines is 1. The molecule has 2 unspecified atom stereocenters. The van der Waals surface area contributed by atoms with Gasteiger partial charge in [-0.05, 0) is 46.0 Å². The van der Waals surface area contributed by atoms with E-state index in [1.807, 2.05) is 0 Å². The molecule has 0 spiro atoms. The second kappa shape index (κ2) is 5.40. The molecule has 0 saturated carbocycles. The Bertz CT molecular complexity index is 453. The molecule has 0 aliphatic carbocycles. The molecule has 2 atom stereocenters. The first-order chi connectivity index (χ1) is 9.58. The Balaban J connectivity index is 1.82. The molecule has 20 heavy (non-hydrogen) atoms. The zero-order chi connectivity index (χ0) is 14.3. The van der Waals surface area contributed by atoms with Gasteiger partial charge in [0.25, 0.3) is 0 Å². The first kappa shape index (κ1) is 13.9. The van der Waals surface area contributed by atoms with Gasteiger partial charge in [0, 0.05) is 37.4 Å². The van der Waals surface area contributed by atoms with Crippen molar-refractivity contribution < 1.29 is 0 Å². The quantitative estimate of drug-likeness (QED) is 0.918. The van der Waals surface area contributed by atoms with Crippen LogP contribution in [0.4, 0.5) is 5.95 Å². The predicted octanol–water partition coefficient (Wildman–Crippen LogP) is 2.75. The fraction of sp³-hybridized carbons (Fsp3) is 0.812. The minimum atomic E-state index is 0.471. The highest BCUT2D eigenvalue weighted by Gasteiger charge is 2.36. The van der Waals surface area contributed by atoms with E-state index in [2.05, 4.69) is 48.8 Å². The van der Waals surface area contributed by atoms with Crippen LogP contribution in [0.1, 0.15) is 58.2 Å². The zero-order valence-electron chi connectivity index (χ0n) is 13.3. The number of hydrogen-bond donors (Lipinski definition) is 1. The molecule has 3 heterocycles. The number of fused-ring (bicyclic) bond motifs is 2. The Labute approximate surface area is 122 Å². The summed E-state index contributed by atoms with van der Waals surface area (Å²) in [6.07, 6.45) is 8.48. The van der Waals surface area contributed by atoms with Crippen molar-refractivity contribution in [2.45, 2.75) is 77.0 Å². The number of aromatic nitrogens is 2. The van der Waals surface area contributed by atoms with Gasteiger partial charge in [-0.2, -0.15) is 0 Å². The molecule has 2 saturated heterocycles. The van der Waals surface area contributed by atoms with Gasteiger partial charge in [0.15, 0.2) is 0 Å². The summed E-state index contributed by atoms with van der Waals surface area (Å²) in [5.74, 6) is 1.16. The monoisotopic (exact) mass is 276 g/mol. The van der Waals surface area contributed by atoms with Crippen LogP contribution in [0.5, 0.6) is 0 Å². The van der Waals surface area contributed by atoms with Gasteiger partial charge in [0.05, 0.1) is 5.69 Å². The summed E-state index contributed by atoms with van der Waals surface area (Å²) in [5, 5.41) is 3.73. The van der Waals surface area contributed by atoms with Crippen molar-refractivity contribution in [3.8, 4) is 0 Å². The van der Waals surface area contributed by atoms with E-state index in [0.29, 0.717) is 12.1 Å². The lowest BCUT2D eigenvalue weighted by Gasteiger charge is -2.36. The minimum Gasteiger partial charge on any atom is -0.342 e. The Morgan fingerprint density at radius 1 is 1.35 bits per heavy atom. The summed E-state index contributed by atoms with van der Waals surface area (Å²) in [5.41, 5.74) is 1.21. The lowest BCUT2D eigenvalue weighted by atomic mass is 9.99. The Hall–Kier alpha value is -1.03. The van der Waals surface area contributed by atoms with Crippen LogP contribution in [-0.2, 0) is 6.42 Å². The average molecular weight is 276 g/mol. The van der Waals surface area contributed by atoms with Crippen molar-refractivity contribution in [3.63, 3.8) is 0 Å². The van der Waals surface area contributed by atoms with Crippen LogP contribution in [0.2, 0.25) is 0 Å². The number of piperidine rings is 1. The second-order valence-electron chi connectivity index (χ2n) is 6.76. The SMILES string of the molecule is CCc1cn(C(C)C)c(N(C)C2CC3CCC(C2)N3)n1. The van der Waals surface area contributed by atoms with E-state index in [1.54, 1.807) is 0 Å². The number of imidazole rings is 1. The third-order valence-corrected chi connectivity index (χ3v) is 4.99. The van der Waals surface area contributed by atoms with Gasteiger partial charge in [-0.15, -0.1) is 0 Å². The summed E-state index contributed by atoms with van der Waals surface area (Å²) in [7, 11) is 2.23. The van der Waals surface area contributed by atoms with E-state index < -0.39 is 0 Å². The highest BCUT2D eigenvalue weighted by molar-refractivity contribution is 5.35. The van der Waals surface area contributed by atoms with Crippen LogP contribution >= 0.6 is 0 Å². The third kappa shape index (κ3) is 2.46. The molecule has 2 aliphatic heterocycles. The summed E-state index contributed by atoms with van der Waals surface area (Å²) in [6.45, 7) is 6.66. The maximum atomic E-state index is 4.86. The normalized spacial score (nSPS) is 29.1. The fourth-order valence-corrected chi connectivity index (χ4v) is 3.75. The summed E-state index contributed by atoms with van der Waals surface area (Å²) in [4.78, 5) is 7.30. The molecular formula is C16H28N4. The van der Waals surface area contributed by atoms with E-state index in [-0.39, 0.29) is 0 Å². The molecule has 0 amide bonds. The van der Waals surface area contributed by atoms with Crippen LogP contribution < -0.4 is 10.2 Å². The lowest BCUT2D eigenvalue weighted by molar-refractivity contribution is 0.350. The summed E-state index contributed by atoms with van der Waals surface area (Å²) in [6, 6.07) is 2.57. The van der Waals surface area contributed by atoms with E-state index in [0.717, 1.165) is 24.5 Å². The zero-order valence-corrected chi connectivity index (χ0v) is 13.3. The number of rotatable bonds is 4. The van der Waals surface area contributed by atoms with Gasteiger partial charge in [0.2, 0.25) is 5.95 Å². The molecule has 1 N–H and O–H groups in total. The Morgan fingerprint density at radius 3 is 2.55 bits per heavy atom. The smallest absolute Gasteiger partial charge is 0.205 e. The molecule has 0 radical (unpaired) electrons. The highest BCUT2D eigenvalue weighted by Crippen LogP contribution is 2.32. The van der Waals surface area contributed by atoms with Gasteiger partial charge in [-0.25, -0.2) is 4.98 Å². The Morgan fingerprint density at radius 2 is 2.00 bits per heavy atom. The largest absolute Gasteiger partial charge is 0.342 e.